The maximum absolute atomic E-state index is 12.5. The molecule has 5 nitrogen and oxygen atoms in total. The highest BCUT2D eigenvalue weighted by Gasteiger charge is 2.30. The maximum Gasteiger partial charge on any atom is 0.246 e. The molecule has 0 unspecified atom stereocenters. The lowest BCUT2D eigenvalue weighted by molar-refractivity contribution is 0.318. The predicted molar refractivity (Wildman–Crippen MR) is 76.2 cm³/mol. The van der Waals surface area contributed by atoms with Gasteiger partial charge in [-0.25, -0.2) is 8.42 Å². The molecule has 1 aliphatic rings. The topological polar surface area (TPSA) is 72.6 Å². The molecule has 1 aromatic carbocycles. The Bertz CT molecular complexity index is 513. The van der Waals surface area contributed by atoms with Gasteiger partial charge in [-0.05, 0) is 25.0 Å². The summed E-state index contributed by atoms with van der Waals surface area (Å²) in [7, 11) is -2.00. The zero-order valence-electron chi connectivity index (χ0n) is 10.8. The van der Waals surface area contributed by atoms with Crippen molar-refractivity contribution < 1.29 is 13.2 Å². The summed E-state index contributed by atoms with van der Waals surface area (Å²) in [4.78, 5) is 0.225. The number of hydrogen-bond acceptors (Lipinski definition) is 4. The third-order valence-electron chi connectivity index (χ3n) is 3.19. The second-order valence-electron chi connectivity index (χ2n) is 4.39. The zero-order valence-corrected chi connectivity index (χ0v) is 12.4. The minimum Gasteiger partial charge on any atom is -0.495 e. The number of sulfonamides is 1. The van der Waals surface area contributed by atoms with E-state index in [4.69, 9.17) is 10.5 Å². The first-order chi connectivity index (χ1) is 8.55. The Balaban J connectivity index is 0.00000180. The molecule has 0 atom stereocenters. The summed E-state index contributed by atoms with van der Waals surface area (Å²) in [6.45, 7) is 0.948. The fourth-order valence-electron chi connectivity index (χ4n) is 2.09. The maximum atomic E-state index is 12.5. The van der Waals surface area contributed by atoms with E-state index < -0.39 is 10.0 Å². The Morgan fingerprint density at radius 3 is 2.42 bits per heavy atom. The lowest BCUT2D eigenvalue weighted by atomic mass is 10.1. The molecule has 0 aromatic heterocycles. The van der Waals surface area contributed by atoms with Gasteiger partial charge < -0.3 is 10.5 Å². The molecule has 2 N–H and O–H groups in total. The van der Waals surface area contributed by atoms with E-state index in [0.29, 0.717) is 31.7 Å². The van der Waals surface area contributed by atoms with E-state index in [1.807, 2.05) is 0 Å². The van der Waals surface area contributed by atoms with Gasteiger partial charge in [-0.1, -0.05) is 12.1 Å². The van der Waals surface area contributed by atoms with E-state index in [9.17, 15) is 8.42 Å². The van der Waals surface area contributed by atoms with Crippen LogP contribution >= 0.6 is 12.4 Å². The van der Waals surface area contributed by atoms with Crippen LogP contribution < -0.4 is 10.5 Å². The quantitative estimate of drug-likeness (QED) is 0.911. The molecule has 2 rings (SSSR count). The van der Waals surface area contributed by atoms with Gasteiger partial charge in [0.25, 0.3) is 0 Å². The Hall–Kier alpha value is -0.820. The van der Waals surface area contributed by atoms with Crippen molar-refractivity contribution in [2.75, 3.05) is 20.2 Å². The van der Waals surface area contributed by atoms with Gasteiger partial charge in [-0.2, -0.15) is 4.31 Å². The summed E-state index contributed by atoms with van der Waals surface area (Å²) < 4.78 is 31.6. The summed E-state index contributed by atoms with van der Waals surface area (Å²) in [5.41, 5.74) is 5.79. The van der Waals surface area contributed by atoms with E-state index in [-0.39, 0.29) is 23.3 Å². The van der Waals surface area contributed by atoms with E-state index in [1.165, 1.54) is 11.4 Å². The van der Waals surface area contributed by atoms with Gasteiger partial charge in [0.15, 0.2) is 0 Å². The molecule has 0 radical (unpaired) electrons. The number of ether oxygens (including phenoxy) is 1. The number of halogens is 1. The Labute approximate surface area is 120 Å². The molecule has 19 heavy (non-hydrogen) atoms. The number of methoxy groups -OCH3 is 1. The van der Waals surface area contributed by atoms with Crippen LogP contribution in [-0.2, 0) is 10.0 Å². The summed E-state index contributed by atoms with van der Waals surface area (Å²) in [5.74, 6) is 0.382. The van der Waals surface area contributed by atoms with Crippen molar-refractivity contribution in [1.29, 1.82) is 0 Å². The molecule has 0 amide bonds. The number of rotatable bonds is 3. The first kappa shape index (κ1) is 16.2. The van der Waals surface area contributed by atoms with Gasteiger partial charge in [0.05, 0.1) is 7.11 Å². The zero-order chi connectivity index (χ0) is 13.2. The molecule has 1 heterocycles. The first-order valence-corrected chi connectivity index (χ1v) is 7.38. The number of nitrogens with zero attached hydrogens (tertiary/aromatic N) is 1. The van der Waals surface area contributed by atoms with Crippen molar-refractivity contribution in [3.8, 4) is 5.75 Å². The Kier molecular flexibility index (Phi) is 5.61. The normalized spacial score (nSPS) is 17.8. The van der Waals surface area contributed by atoms with Crippen molar-refractivity contribution in [3.63, 3.8) is 0 Å². The summed E-state index contributed by atoms with van der Waals surface area (Å²) in [6.07, 6.45) is 1.41. The summed E-state index contributed by atoms with van der Waals surface area (Å²) in [6, 6.07) is 6.79. The van der Waals surface area contributed by atoms with Crippen molar-refractivity contribution in [2.45, 2.75) is 23.8 Å². The standard InChI is InChI=1S/C12H18N2O3S.ClH/c1-17-11-4-2-3-5-12(11)18(15,16)14-8-6-10(13)7-9-14;/h2-5,10H,6-9,13H2,1H3;1H. The fraction of sp³-hybridized carbons (Fsp3) is 0.500. The number of para-hydroxylation sites is 1. The van der Waals surface area contributed by atoms with Crippen molar-refractivity contribution in [1.82, 2.24) is 4.31 Å². The van der Waals surface area contributed by atoms with Gasteiger partial charge in [0.2, 0.25) is 10.0 Å². The molecule has 0 saturated carbocycles. The molecule has 1 saturated heterocycles. The molecule has 0 spiro atoms. The van der Waals surface area contributed by atoms with Gasteiger partial charge in [0.1, 0.15) is 10.6 Å². The highest BCUT2D eigenvalue weighted by atomic mass is 35.5. The largest absolute Gasteiger partial charge is 0.495 e. The van der Waals surface area contributed by atoms with E-state index in [1.54, 1.807) is 24.3 Å². The molecule has 7 heteroatoms. The number of piperidine rings is 1. The third kappa shape index (κ3) is 3.39. The van der Waals surface area contributed by atoms with Crippen molar-refractivity contribution in [3.05, 3.63) is 24.3 Å². The predicted octanol–water partition coefficient (Wildman–Crippen LogP) is 1.23. The minimum atomic E-state index is -3.48. The third-order valence-corrected chi connectivity index (χ3v) is 5.12. The number of nitrogens with two attached hydrogens (primary N) is 1. The summed E-state index contributed by atoms with van der Waals surface area (Å²) in [5, 5.41) is 0. The molecule has 108 valence electrons. The van der Waals surface area contributed by atoms with Gasteiger partial charge in [-0.15, -0.1) is 12.4 Å². The average molecular weight is 307 g/mol. The molecule has 1 aliphatic heterocycles. The van der Waals surface area contributed by atoms with E-state index in [2.05, 4.69) is 0 Å². The fourth-order valence-corrected chi connectivity index (χ4v) is 3.71. The highest BCUT2D eigenvalue weighted by molar-refractivity contribution is 7.89. The minimum absolute atomic E-state index is 0. The van der Waals surface area contributed by atoms with Gasteiger partial charge in [0, 0.05) is 19.1 Å². The second kappa shape index (κ2) is 6.56. The lowest BCUT2D eigenvalue weighted by Gasteiger charge is -2.29. The Morgan fingerprint density at radius 1 is 1.26 bits per heavy atom. The average Bonchev–Trinajstić information content (AvgIpc) is 2.39. The monoisotopic (exact) mass is 306 g/mol. The van der Waals surface area contributed by atoms with Crippen LogP contribution in [0.15, 0.2) is 29.2 Å². The van der Waals surface area contributed by atoms with Crippen LogP contribution in [0, 0.1) is 0 Å². The van der Waals surface area contributed by atoms with Crippen LogP contribution in [0.25, 0.3) is 0 Å². The molecule has 1 aromatic rings. The molecular weight excluding hydrogens is 288 g/mol. The van der Waals surface area contributed by atoms with Crippen LogP contribution in [0.4, 0.5) is 0 Å². The Morgan fingerprint density at radius 2 is 1.84 bits per heavy atom. The van der Waals surface area contributed by atoms with Crippen molar-refractivity contribution >= 4 is 22.4 Å². The molecule has 1 fully saturated rings. The lowest BCUT2D eigenvalue weighted by Crippen LogP contribution is -2.42. The number of benzene rings is 1. The summed E-state index contributed by atoms with van der Waals surface area (Å²) >= 11 is 0. The second-order valence-corrected chi connectivity index (χ2v) is 6.30. The molecule has 0 bridgehead atoms. The highest BCUT2D eigenvalue weighted by Crippen LogP contribution is 2.27. The van der Waals surface area contributed by atoms with Crippen LogP contribution in [0.5, 0.6) is 5.75 Å². The smallest absolute Gasteiger partial charge is 0.246 e. The van der Waals surface area contributed by atoms with Crippen LogP contribution in [0.2, 0.25) is 0 Å². The SMILES string of the molecule is COc1ccccc1S(=O)(=O)N1CCC(N)CC1.Cl. The molecule has 0 aliphatic carbocycles. The van der Waals surface area contributed by atoms with Crippen LogP contribution in [-0.4, -0.2) is 39.0 Å². The number of hydrogen-bond donors (Lipinski definition) is 1. The first-order valence-electron chi connectivity index (χ1n) is 5.94. The van der Waals surface area contributed by atoms with Crippen LogP contribution in [0.3, 0.4) is 0 Å². The molecular formula is C12H19ClN2O3S. The van der Waals surface area contributed by atoms with Gasteiger partial charge in [-0.3, -0.25) is 0 Å². The van der Waals surface area contributed by atoms with E-state index >= 15 is 0 Å². The van der Waals surface area contributed by atoms with Crippen LogP contribution in [0.1, 0.15) is 12.8 Å². The van der Waals surface area contributed by atoms with E-state index in [0.717, 1.165) is 0 Å². The van der Waals surface area contributed by atoms with Gasteiger partial charge >= 0.3 is 0 Å². The van der Waals surface area contributed by atoms with Crippen molar-refractivity contribution in [2.24, 2.45) is 5.73 Å².